The van der Waals surface area contributed by atoms with E-state index in [0.717, 1.165) is 21.5 Å². The second-order valence-corrected chi connectivity index (χ2v) is 5.45. The van der Waals surface area contributed by atoms with E-state index in [1.54, 1.807) is 14.2 Å². The molecule has 0 saturated heterocycles. The van der Waals surface area contributed by atoms with E-state index in [0.29, 0.717) is 17.3 Å². The highest BCUT2D eigenvalue weighted by Gasteiger charge is 2.09. The van der Waals surface area contributed by atoms with Gasteiger partial charge in [-0.25, -0.2) is 0 Å². The molecular weight excluding hydrogens is 342 g/mol. The van der Waals surface area contributed by atoms with E-state index in [1.807, 2.05) is 36.4 Å². The zero-order chi connectivity index (χ0) is 14.5. The van der Waals surface area contributed by atoms with E-state index < -0.39 is 0 Å². The lowest BCUT2D eigenvalue weighted by Crippen LogP contribution is -2.03. The van der Waals surface area contributed by atoms with Gasteiger partial charge in [-0.05, 0) is 24.3 Å². The predicted octanol–water partition coefficient (Wildman–Crippen LogP) is 4.73. The van der Waals surface area contributed by atoms with Crippen molar-refractivity contribution in [2.24, 2.45) is 0 Å². The molecule has 20 heavy (non-hydrogen) atoms. The second kappa shape index (κ2) is 6.86. The van der Waals surface area contributed by atoms with Gasteiger partial charge in [0.2, 0.25) is 0 Å². The highest BCUT2D eigenvalue weighted by Crippen LogP contribution is 2.32. The molecule has 0 unspecified atom stereocenters. The minimum Gasteiger partial charge on any atom is -0.493 e. The van der Waals surface area contributed by atoms with Crippen LogP contribution in [-0.2, 0) is 6.54 Å². The Kier molecular flexibility index (Phi) is 5.15. The van der Waals surface area contributed by atoms with Crippen LogP contribution in [-0.4, -0.2) is 14.2 Å². The number of rotatable bonds is 5. The molecule has 0 fully saturated rings. The van der Waals surface area contributed by atoms with Crippen molar-refractivity contribution in [2.45, 2.75) is 6.54 Å². The van der Waals surface area contributed by atoms with Gasteiger partial charge in [0.1, 0.15) is 0 Å². The lowest BCUT2D eigenvalue weighted by Gasteiger charge is -2.14. The van der Waals surface area contributed by atoms with Gasteiger partial charge < -0.3 is 14.8 Å². The number of ether oxygens (including phenoxy) is 2. The molecule has 3 nitrogen and oxygen atoms in total. The lowest BCUT2D eigenvalue weighted by molar-refractivity contribution is 0.352. The van der Waals surface area contributed by atoms with Gasteiger partial charge >= 0.3 is 0 Å². The van der Waals surface area contributed by atoms with Crippen molar-refractivity contribution in [1.82, 2.24) is 0 Å². The predicted molar refractivity (Wildman–Crippen MR) is 86.0 cm³/mol. The van der Waals surface area contributed by atoms with Crippen molar-refractivity contribution in [2.75, 3.05) is 19.5 Å². The highest BCUT2D eigenvalue weighted by molar-refractivity contribution is 9.10. The summed E-state index contributed by atoms with van der Waals surface area (Å²) in [6, 6.07) is 11.5. The van der Waals surface area contributed by atoms with E-state index in [4.69, 9.17) is 21.1 Å². The molecule has 5 heteroatoms. The Bertz CT molecular complexity index is 604. The first-order valence-electron chi connectivity index (χ1n) is 6.04. The van der Waals surface area contributed by atoms with Crippen molar-refractivity contribution in [3.05, 3.63) is 51.5 Å². The smallest absolute Gasteiger partial charge is 0.165 e. The summed E-state index contributed by atoms with van der Waals surface area (Å²) < 4.78 is 11.6. The first-order valence-corrected chi connectivity index (χ1v) is 7.21. The number of nitrogens with one attached hydrogen (secondary N) is 1. The molecule has 1 N–H and O–H groups in total. The molecule has 0 aliphatic heterocycles. The summed E-state index contributed by atoms with van der Waals surface area (Å²) in [5, 5.41) is 3.96. The molecule has 106 valence electrons. The Morgan fingerprint density at radius 1 is 1.15 bits per heavy atom. The number of methoxy groups -OCH3 is 2. The molecule has 0 aliphatic carbocycles. The third-order valence-corrected chi connectivity index (χ3v) is 3.69. The maximum atomic E-state index is 6.18. The molecule has 0 spiro atoms. The third-order valence-electron chi connectivity index (χ3n) is 2.88. The topological polar surface area (TPSA) is 30.5 Å². The molecule has 2 aromatic carbocycles. The van der Waals surface area contributed by atoms with E-state index in [-0.39, 0.29) is 0 Å². The summed E-state index contributed by atoms with van der Waals surface area (Å²) in [6.45, 7) is 0.599. The van der Waals surface area contributed by atoms with Crippen LogP contribution in [0.1, 0.15) is 5.56 Å². The Morgan fingerprint density at radius 2 is 1.95 bits per heavy atom. The van der Waals surface area contributed by atoms with Crippen molar-refractivity contribution in [3.8, 4) is 11.5 Å². The van der Waals surface area contributed by atoms with Gasteiger partial charge in [-0.2, -0.15) is 0 Å². The molecule has 0 radical (unpaired) electrons. The summed E-state index contributed by atoms with van der Waals surface area (Å²) >= 11 is 9.56. The third kappa shape index (κ3) is 3.38. The van der Waals surface area contributed by atoms with E-state index in [9.17, 15) is 0 Å². The minimum atomic E-state index is 0.599. The molecule has 0 bridgehead atoms. The van der Waals surface area contributed by atoms with E-state index >= 15 is 0 Å². The molecule has 0 heterocycles. The summed E-state index contributed by atoms with van der Waals surface area (Å²) in [5.41, 5.74) is 1.88. The minimum absolute atomic E-state index is 0.599. The quantitative estimate of drug-likeness (QED) is 0.840. The molecule has 0 aliphatic rings. The average Bonchev–Trinajstić information content (AvgIpc) is 2.45. The van der Waals surface area contributed by atoms with Crippen LogP contribution in [0.2, 0.25) is 5.02 Å². The van der Waals surface area contributed by atoms with Gasteiger partial charge in [0.15, 0.2) is 11.5 Å². The molecular formula is C15H15BrClNO2. The number of benzene rings is 2. The molecule has 2 aromatic rings. The number of hydrogen-bond donors (Lipinski definition) is 1. The molecule has 2 rings (SSSR count). The van der Waals surface area contributed by atoms with Gasteiger partial charge in [-0.3, -0.25) is 0 Å². The largest absolute Gasteiger partial charge is 0.493 e. The van der Waals surface area contributed by atoms with Crippen molar-refractivity contribution < 1.29 is 9.47 Å². The van der Waals surface area contributed by atoms with E-state index in [2.05, 4.69) is 21.2 Å². The molecule has 0 saturated carbocycles. The van der Waals surface area contributed by atoms with Crippen LogP contribution < -0.4 is 14.8 Å². The summed E-state index contributed by atoms with van der Waals surface area (Å²) in [4.78, 5) is 0. The van der Waals surface area contributed by atoms with Crippen LogP contribution in [0.3, 0.4) is 0 Å². The zero-order valence-corrected chi connectivity index (χ0v) is 13.6. The second-order valence-electron chi connectivity index (χ2n) is 4.13. The monoisotopic (exact) mass is 355 g/mol. The van der Waals surface area contributed by atoms with Crippen LogP contribution >= 0.6 is 27.5 Å². The Hall–Kier alpha value is -1.39. The lowest BCUT2D eigenvalue weighted by atomic mass is 10.1. The van der Waals surface area contributed by atoms with Crippen LogP contribution in [0.5, 0.6) is 11.5 Å². The van der Waals surface area contributed by atoms with E-state index in [1.165, 1.54) is 0 Å². The fourth-order valence-electron chi connectivity index (χ4n) is 1.92. The van der Waals surface area contributed by atoms with Crippen LogP contribution in [0.15, 0.2) is 40.9 Å². The maximum Gasteiger partial charge on any atom is 0.165 e. The standard InChI is InChI=1S/C15H15BrClNO2/c1-19-14-5-3-4-10(15(14)20-2)9-18-13-7-6-11(16)8-12(13)17/h3-8,18H,9H2,1-2H3. The van der Waals surface area contributed by atoms with Crippen molar-refractivity contribution in [3.63, 3.8) is 0 Å². The van der Waals surface area contributed by atoms with Crippen LogP contribution in [0, 0.1) is 0 Å². The summed E-state index contributed by atoms with van der Waals surface area (Å²) in [5.74, 6) is 1.45. The fraction of sp³-hybridized carbons (Fsp3) is 0.200. The molecule has 0 atom stereocenters. The van der Waals surface area contributed by atoms with Crippen LogP contribution in [0.25, 0.3) is 0 Å². The Labute approximate surface area is 132 Å². The summed E-state index contributed by atoms with van der Waals surface area (Å²) in [7, 11) is 3.26. The first kappa shape index (κ1) is 15.0. The molecule has 0 amide bonds. The Balaban J connectivity index is 2.18. The highest BCUT2D eigenvalue weighted by atomic mass is 79.9. The van der Waals surface area contributed by atoms with Gasteiger partial charge in [-0.1, -0.05) is 39.7 Å². The fourth-order valence-corrected chi connectivity index (χ4v) is 2.66. The Morgan fingerprint density at radius 3 is 2.60 bits per heavy atom. The average molecular weight is 357 g/mol. The summed E-state index contributed by atoms with van der Waals surface area (Å²) in [6.07, 6.45) is 0. The van der Waals surface area contributed by atoms with Crippen LogP contribution in [0.4, 0.5) is 5.69 Å². The van der Waals surface area contributed by atoms with Gasteiger partial charge in [0.25, 0.3) is 0 Å². The zero-order valence-electron chi connectivity index (χ0n) is 11.2. The van der Waals surface area contributed by atoms with Crippen molar-refractivity contribution >= 4 is 33.2 Å². The normalized spacial score (nSPS) is 10.2. The number of anilines is 1. The van der Waals surface area contributed by atoms with Gasteiger partial charge in [0.05, 0.1) is 24.9 Å². The van der Waals surface area contributed by atoms with Gasteiger partial charge in [0, 0.05) is 16.6 Å². The SMILES string of the molecule is COc1cccc(CNc2ccc(Br)cc2Cl)c1OC. The first-order chi connectivity index (χ1) is 9.65. The number of hydrogen-bond acceptors (Lipinski definition) is 3. The number of para-hydroxylation sites is 1. The number of halogens is 2. The van der Waals surface area contributed by atoms with Gasteiger partial charge in [-0.15, -0.1) is 0 Å². The van der Waals surface area contributed by atoms with Crippen molar-refractivity contribution in [1.29, 1.82) is 0 Å². The molecule has 0 aromatic heterocycles. The maximum absolute atomic E-state index is 6.18.